The maximum atomic E-state index is 13.3. The number of nitrogens with one attached hydrogen (secondary N) is 1. The Labute approximate surface area is 192 Å². The summed E-state index contributed by atoms with van der Waals surface area (Å²) in [6.45, 7) is 0. The highest BCUT2D eigenvalue weighted by atomic mass is 35.5. The number of aryl methyl sites for hydroxylation is 1. The van der Waals surface area contributed by atoms with Gasteiger partial charge in [-0.1, -0.05) is 23.2 Å². The molecule has 2 amide bonds. The van der Waals surface area contributed by atoms with Crippen molar-refractivity contribution in [3.63, 3.8) is 0 Å². The van der Waals surface area contributed by atoms with E-state index < -0.39 is 29.4 Å². The van der Waals surface area contributed by atoms with E-state index in [0.29, 0.717) is 21.7 Å². The third-order valence-corrected chi connectivity index (χ3v) is 5.23. The van der Waals surface area contributed by atoms with Crippen LogP contribution < -0.4 is 11.1 Å². The summed E-state index contributed by atoms with van der Waals surface area (Å²) in [6, 6.07) is 4.68. The van der Waals surface area contributed by atoms with Crippen molar-refractivity contribution in [2.45, 2.75) is 6.18 Å². The van der Waals surface area contributed by atoms with E-state index in [9.17, 15) is 22.8 Å². The molecule has 9 nitrogen and oxygen atoms in total. The average molecular weight is 498 g/mol. The highest BCUT2D eigenvalue weighted by Gasteiger charge is 2.37. The number of primary amides is 1. The number of nitrogens with zero attached hydrogens (tertiary/aromatic N) is 5. The first-order chi connectivity index (χ1) is 15.5. The van der Waals surface area contributed by atoms with E-state index in [0.717, 1.165) is 0 Å². The number of rotatable bonds is 4. The Morgan fingerprint density at radius 2 is 1.91 bits per heavy atom. The lowest BCUT2D eigenvalue weighted by atomic mass is 10.1. The summed E-state index contributed by atoms with van der Waals surface area (Å²) < 4.78 is 42.1. The predicted octanol–water partition coefficient (Wildman–Crippen LogP) is 3.83. The lowest BCUT2D eigenvalue weighted by Gasteiger charge is -2.13. The van der Waals surface area contributed by atoms with Gasteiger partial charge in [-0.05, 0) is 18.2 Å². The molecule has 0 aliphatic carbocycles. The number of pyridine rings is 1. The first kappa shape index (κ1) is 22.6. The highest BCUT2D eigenvalue weighted by molar-refractivity contribution is 6.40. The zero-order valence-electron chi connectivity index (χ0n) is 16.5. The van der Waals surface area contributed by atoms with E-state index in [-0.39, 0.29) is 27.1 Å². The lowest BCUT2D eigenvalue weighted by Crippen LogP contribution is -2.21. The van der Waals surface area contributed by atoms with Crippen LogP contribution in [-0.2, 0) is 13.2 Å². The van der Waals surface area contributed by atoms with Gasteiger partial charge in [-0.2, -0.15) is 23.4 Å². The van der Waals surface area contributed by atoms with Crippen LogP contribution in [0.1, 0.15) is 26.5 Å². The van der Waals surface area contributed by atoms with Crippen molar-refractivity contribution in [3.8, 4) is 5.82 Å². The van der Waals surface area contributed by atoms with E-state index in [2.05, 4.69) is 20.5 Å². The van der Waals surface area contributed by atoms with Crippen molar-refractivity contribution in [1.29, 1.82) is 0 Å². The number of nitrogens with two attached hydrogens (primary N) is 1. The maximum Gasteiger partial charge on any atom is 0.435 e. The smallest absolute Gasteiger partial charge is 0.366 e. The summed E-state index contributed by atoms with van der Waals surface area (Å²) in [5.74, 6) is -2.20. The van der Waals surface area contributed by atoms with Gasteiger partial charge in [-0.25, -0.2) is 9.67 Å². The normalized spacial score (nSPS) is 11.7. The number of hydrogen-bond donors (Lipinski definition) is 2. The first-order valence-electron chi connectivity index (χ1n) is 9.02. The minimum atomic E-state index is -4.85. The summed E-state index contributed by atoms with van der Waals surface area (Å²) in [4.78, 5) is 29.0. The number of fused-ring (bicyclic) bond motifs is 1. The molecule has 0 aliphatic rings. The van der Waals surface area contributed by atoms with E-state index in [4.69, 9.17) is 28.9 Å². The molecule has 33 heavy (non-hydrogen) atoms. The van der Waals surface area contributed by atoms with Crippen LogP contribution in [0.15, 0.2) is 36.7 Å². The lowest BCUT2D eigenvalue weighted by molar-refractivity contribution is -0.141. The molecule has 3 N–H and O–H groups in total. The quantitative estimate of drug-likeness (QED) is 0.443. The van der Waals surface area contributed by atoms with Crippen LogP contribution in [0.25, 0.3) is 16.7 Å². The molecule has 0 saturated carbocycles. The fraction of sp³-hybridized carbons (Fsp3) is 0.105. The summed E-state index contributed by atoms with van der Waals surface area (Å²) in [6.07, 6.45) is -2.04. The molecule has 0 bridgehead atoms. The van der Waals surface area contributed by atoms with Gasteiger partial charge >= 0.3 is 6.18 Å². The van der Waals surface area contributed by atoms with Gasteiger partial charge in [0.2, 0.25) is 0 Å². The number of carbonyl (C=O) groups excluding carboxylic acids is 2. The number of carbonyl (C=O) groups is 2. The second-order valence-corrected chi connectivity index (χ2v) is 7.59. The van der Waals surface area contributed by atoms with Crippen LogP contribution in [-0.4, -0.2) is 36.4 Å². The Morgan fingerprint density at radius 3 is 2.55 bits per heavy atom. The van der Waals surface area contributed by atoms with Crippen molar-refractivity contribution in [3.05, 3.63) is 63.7 Å². The van der Waals surface area contributed by atoms with Crippen LogP contribution in [0.3, 0.4) is 0 Å². The molecule has 1 aromatic carbocycles. The molecule has 0 aliphatic heterocycles. The second kappa shape index (κ2) is 8.05. The predicted molar refractivity (Wildman–Crippen MR) is 114 cm³/mol. The molecule has 4 rings (SSSR count). The minimum Gasteiger partial charge on any atom is -0.366 e. The third-order valence-electron chi connectivity index (χ3n) is 4.54. The van der Waals surface area contributed by atoms with Gasteiger partial charge in [0.1, 0.15) is 5.69 Å². The van der Waals surface area contributed by atoms with Gasteiger partial charge in [-0.15, -0.1) is 0 Å². The average Bonchev–Trinajstić information content (AvgIpc) is 3.33. The Kier molecular flexibility index (Phi) is 5.50. The van der Waals surface area contributed by atoms with Crippen LogP contribution >= 0.6 is 23.2 Å². The Morgan fingerprint density at radius 1 is 1.18 bits per heavy atom. The number of amides is 2. The van der Waals surface area contributed by atoms with Gasteiger partial charge in [0.05, 0.1) is 26.8 Å². The molecule has 0 spiro atoms. The van der Waals surface area contributed by atoms with Crippen LogP contribution in [0.2, 0.25) is 10.0 Å². The van der Waals surface area contributed by atoms with Gasteiger partial charge in [0.15, 0.2) is 11.5 Å². The zero-order chi connectivity index (χ0) is 24.1. The number of hydrogen-bond acceptors (Lipinski definition) is 5. The minimum absolute atomic E-state index is 0.0454. The van der Waals surface area contributed by atoms with Crippen molar-refractivity contribution in [2.75, 3.05) is 5.32 Å². The summed E-state index contributed by atoms with van der Waals surface area (Å²) >= 11 is 12.4. The Bertz CT molecular complexity index is 1430. The van der Waals surface area contributed by atoms with E-state index in [1.165, 1.54) is 35.3 Å². The monoisotopic (exact) mass is 497 g/mol. The molecular formula is C19H12Cl2F3N7O2. The van der Waals surface area contributed by atoms with Crippen molar-refractivity contribution >= 4 is 51.6 Å². The summed E-state index contributed by atoms with van der Waals surface area (Å²) in [5, 5.41) is 10.2. The molecule has 0 fully saturated rings. The first-order valence-corrected chi connectivity index (χ1v) is 9.78. The van der Waals surface area contributed by atoms with Crippen molar-refractivity contribution in [2.24, 2.45) is 12.8 Å². The fourth-order valence-electron chi connectivity index (χ4n) is 3.11. The third kappa shape index (κ3) is 4.10. The molecule has 0 saturated heterocycles. The number of anilines is 1. The van der Waals surface area contributed by atoms with Gasteiger partial charge in [0.25, 0.3) is 11.8 Å². The van der Waals surface area contributed by atoms with Crippen molar-refractivity contribution < 1.29 is 22.8 Å². The molecule has 4 aromatic rings. The summed E-state index contributed by atoms with van der Waals surface area (Å²) in [7, 11) is 1.62. The molecule has 0 radical (unpaired) electrons. The van der Waals surface area contributed by atoms with E-state index in [1.807, 2.05) is 0 Å². The number of alkyl halides is 3. The van der Waals surface area contributed by atoms with Gasteiger partial charge < -0.3 is 11.1 Å². The van der Waals surface area contributed by atoms with E-state index >= 15 is 0 Å². The number of aromatic nitrogens is 5. The van der Waals surface area contributed by atoms with Gasteiger partial charge in [-0.3, -0.25) is 14.3 Å². The largest absolute Gasteiger partial charge is 0.435 e. The molecular weight excluding hydrogens is 486 g/mol. The molecule has 0 unspecified atom stereocenters. The summed E-state index contributed by atoms with van der Waals surface area (Å²) in [5.41, 5.74) is 3.47. The number of halogens is 5. The standard InChI is InChI=1S/C19H12Cl2F3N7O2/c1-30-7-9-11(28-30)5-8(16(25)32)15(14(9)21)27-18(33)12-6-13(19(22,23)24)29-31(12)17-10(20)3-2-4-26-17/h2-7H,1H3,(H2,25,32)(H,27,33). The van der Waals surface area contributed by atoms with Crippen LogP contribution in [0.5, 0.6) is 0 Å². The van der Waals surface area contributed by atoms with Crippen molar-refractivity contribution in [1.82, 2.24) is 24.5 Å². The van der Waals surface area contributed by atoms with Gasteiger partial charge in [0, 0.05) is 30.9 Å². The fourth-order valence-corrected chi connectivity index (χ4v) is 3.61. The molecule has 170 valence electrons. The maximum absolute atomic E-state index is 13.3. The second-order valence-electron chi connectivity index (χ2n) is 6.80. The highest BCUT2D eigenvalue weighted by Crippen LogP contribution is 2.35. The molecule has 14 heteroatoms. The SMILES string of the molecule is Cn1cc2c(Cl)c(NC(=O)c3cc(C(F)(F)F)nn3-c3ncccc3Cl)c(C(N)=O)cc2n1. The van der Waals surface area contributed by atoms with Crippen LogP contribution in [0.4, 0.5) is 18.9 Å². The Balaban J connectivity index is 1.86. The number of benzene rings is 1. The Hall–Kier alpha value is -3.64. The molecule has 3 aromatic heterocycles. The topological polar surface area (TPSA) is 121 Å². The molecule has 3 heterocycles. The molecule has 0 atom stereocenters. The zero-order valence-corrected chi connectivity index (χ0v) is 18.0. The van der Waals surface area contributed by atoms with E-state index in [1.54, 1.807) is 7.05 Å². The van der Waals surface area contributed by atoms with Crippen LogP contribution in [0, 0.1) is 0 Å².